The summed E-state index contributed by atoms with van der Waals surface area (Å²) in [5.41, 5.74) is 4.41. The molecule has 1 fully saturated rings. The van der Waals surface area contributed by atoms with E-state index in [1.165, 1.54) is 19.3 Å². The van der Waals surface area contributed by atoms with Crippen molar-refractivity contribution >= 4 is 29.4 Å². The molecular formula is C21H29ClN2O5. The Morgan fingerprint density at radius 3 is 2.24 bits per heavy atom. The fraction of sp³-hybridized carbons (Fsp3) is 0.571. The normalized spacial score (nSPS) is 18.6. The van der Waals surface area contributed by atoms with E-state index < -0.39 is 18.4 Å². The topological polar surface area (TPSA) is 93.7 Å². The molecular weight excluding hydrogens is 396 g/mol. The van der Waals surface area contributed by atoms with Crippen LogP contribution in [-0.2, 0) is 19.1 Å². The smallest absolute Gasteiger partial charge is 0.309 e. The number of rotatable bonds is 9. The van der Waals surface area contributed by atoms with Crippen LogP contribution in [0.2, 0.25) is 5.02 Å². The van der Waals surface area contributed by atoms with Gasteiger partial charge in [0.15, 0.2) is 13.2 Å². The van der Waals surface area contributed by atoms with Crippen LogP contribution in [0, 0.1) is 11.8 Å². The maximum Gasteiger partial charge on any atom is 0.309 e. The van der Waals surface area contributed by atoms with Crippen LogP contribution >= 0.6 is 11.6 Å². The first-order valence-electron chi connectivity index (χ1n) is 10.1. The number of amides is 2. The molecule has 2 rings (SSSR count). The second-order valence-corrected chi connectivity index (χ2v) is 7.74. The van der Waals surface area contributed by atoms with Gasteiger partial charge in [0.1, 0.15) is 5.75 Å². The molecule has 7 nitrogen and oxygen atoms in total. The van der Waals surface area contributed by atoms with Crippen molar-refractivity contribution < 1.29 is 23.9 Å². The number of hydrogen-bond acceptors (Lipinski definition) is 5. The van der Waals surface area contributed by atoms with Gasteiger partial charge < -0.3 is 9.47 Å². The first kappa shape index (κ1) is 23.0. The van der Waals surface area contributed by atoms with Crippen LogP contribution in [0.5, 0.6) is 5.75 Å². The van der Waals surface area contributed by atoms with Crippen LogP contribution in [0.1, 0.15) is 51.9 Å². The van der Waals surface area contributed by atoms with E-state index in [0.717, 1.165) is 25.7 Å². The summed E-state index contributed by atoms with van der Waals surface area (Å²) in [6, 6.07) is 6.54. The molecule has 0 aromatic heterocycles. The summed E-state index contributed by atoms with van der Waals surface area (Å²) >= 11 is 5.77. The third-order valence-corrected chi connectivity index (χ3v) is 5.27. The largest absolute Gasteiger partial charge is 0.484 e. The number of benzene rings is 1. The van der Waals surface area contributed by atoms with Crippen LogP contribution in [0.4, 0.5) is 0 Å². The van der Waals surface area contributed by atoms with Crippen LogP contribution in [0.25, 0.3) is 0 Å². The molecule has 0 unspecified atom stereocenters. The molecule has 8 heteroatoms. The van der Waals surface area contributed by atoms with Gasteiger partial charge in [-0.2, -0.15) is 0 Å². The number of hydrogen-bond donors (Lipinski definition) is 2. The van der Waals surface area contributed by atoms with Gasteiger partial charge in [-0.15, -0.1) is 0 Å². The molecule has 160 valence electrons. The van der Waals surface area contributed by atoms with Crippen molar-refractivity contribution in [3.63, 3.8) is 0 Å². The minimum atomic E-state index is -0.602. The number of carbonyl (C=O) groups is 3. The van der Waals surface area contributed by atoms with Crippen molar-refractivity contribution in [3.8, 4) is 5.75 Å². The molecule has 0 heterocycles. The Morgan fingerprint density at radius 2 is 1.62 bits per heavy atom. The minimum Gasteiger partial charge on any atom is -0.484 e. The summed E-state index contributed by atoms with van der Waals surface area (Å²) in [6.07, 6.45) is 7.35. The van der Waals surface area contributed by atoms with Gasteiger partial charge in [-0.05, 0) is 55.9 Å². The van der Waals surface area contributed by atoms with Gasteiger partial charge in [-0.25, -0.2) is 0 Å². The number of carbonyl (C=O) groups excluding carboxylic acids is 3. The molecule has 0 radical (unpaired) electrons. The molecule has 29 heavy (non-hydrogen) atoms. The molecule has 1 aliphatic rings. The molecule has 0 spiro atoms. The highest BCUT2D eigenvalue weighted by Gasteiger charge is 2.27. The Bertz CT molecular complexity index is 672. The van der Waals surface area contributed by atoms with Crippen molar-refractivity contribution in [2.45, 2.75) is 51.9 Å². The third-order valence-electron chi connectivity index (χ3n) is 5.02. The molecule has 0 aliphatic heterocycles. The van der Waals surface area contributed by atoms with E-state index in [1.807, 2.05) is 0 Å². The minimum absolute atomic E-state index is 0.136. The summed E-state index contributed by atoms with van der Waals surface area (Å²) in [5, 5.41) is 0.563. The average Bonchev–Trinajstić information content (AvgIpc) is 2.74. The van der Waals surface area contributed by atoms with E-state index in [4.69, 9.17) is 21.1 Å². The predicted octanol–water partition coefficient (Wildman–Crippen LogP) is 3.41. The van der Waals surface area contributed by atoms with Crippen LogP contribution < -0.4 is 15.6 Å². The zero-order chi connectivity index (χ0) is 21.1. The number of esters is 1. The average molecular weight is 425 g/mol. The SMILES string of the molecule is CCCCC1CCC(C(=O)OCC(=O)NNC(=O)COc2ccc(Cl)cc2)CC1. The summed E-state index contributed by atoms with van der Waals surface area (Å²) in [5.74, 6) is -0.434. The highest BCUT2D eigenvalue weighted by Crippen LogP contribution is 2.32. The van der Waals surface area contributed by atoms with Gasteiger partial charge in [0.25, 0.3) is 11.8 Å². The fourth-order valence-corrected chi connectivity index (χ4v) is 3.45. The molecule has 1 aliphatic carbocycles. The summed E-state index contributed by atoms with van der Waals surface area (Å²) < 4.78 is 10.3. The Morgan fingerprint density at radius 1 is 1.00 bits per heavy atom. The Balaban J connectivity index is 1.57. The van der Waals surface area contributed by atoms with E-state index in [2.05, 4.69) is 17.8 Å². The third kappa shape index (κ3) is 8.73. The quantitative estimate of drug-likeness (QED) is 0.468. The molecule has 2 N–H and O–H groups in total. The van der Waals surface area contributed by atoms with Gasteiger partial charge in [0, 0.05) is 5.02 Å². The number of halogens is 1. The Kier molecular flexibility index (Phi) is 9.77. The number of unbranched alkanes of at least 4 members (excludes halogenated alkanes) is 1. The Hall–Kier alpha value is -2.28. The van der Waals surface area contributed by atoms with E-state index in [0.29, 0.717) is 16.7 Å². The molecule has 0 atom stereocenters. The highest BCUT2D eigenvalue weighted by molar-refractivity contribution is 6.30. The lowest BCUT2D eigenvalue weighted by atomic mass is 9.80. The monoisotopic (exact) mass is 424 g/mol. The molecule has 1 aromatic rings. The van der Waals surface area contributed by atoms with E-state index >= 15 is 0 Å². The molecule has 2 amide bonds. The predicted molar refractivity (Wildman–Crippen MR) is 109 cm³/mol. The zero-order valence-corrected chi connectivity index (χ0v) is 17.5. The number of ether oxygens (including phenoxy) is 2. The Labute approximate surface area is 176 Å². The van der Waals surface area contributed by atoms with Crippen molar-refractivity contribution in [1.29, 1.82) is 0 Å². The molecule has 1 saturated carbocycles. The zero-order valence-electron chi connectivity index (χ0n) is 16.7. The van der Waals surface area contributed by atoms with Gasteiger partial charge in [-0.1, -0.05) is 37.8 Å². The number of hydrazine groups is 1. The molecule has 0 saturated heterocycles. The fourth-order valence-electron chi connectivity index (χ4n) is 3.33. The van der Waals surface area contributed by atoms with E-state index in [1.54, 1.807) is 24.3 Å². The second kappa shape index (κ2) is 12.3. The van der Waals surface area contributed by atoms with Crippen molar-refractivity contribution in [3.05, 3.63) is 29.3 Å². The van der Waals surface area contributed by atoms with Crippen LogP contribution in [0.15, 0.2) is 24.3 Å². The lowest BCUT2D eigenvalue weighted by molar-refractivity contribution is -0.154. The maximum atomic E-state index is 12.1. The van der Waals surface area contributed by atoms with Gasteiger partial charge in [0.2, 0.25) is 0 Å². The summed E-state index contributed by atoms with van der Waals surface area (Å²) in [4.78, 5) is 35.6. The van der Waals surface area contributed by atoms with Gasteiger partial charge >= 0.3 is 5.97 Å². The lowest BCUT2D eigenvalue weighted by Gasteiger charge is -2.27. The van der Waals surface area contributed by atoms with Crippen LogP contribution in [-0.4, -0.2) is 31.0 Å². The van der Waals surface area contributed by atoms with Crippen molar-refractivity contribution in [2.24, 2.45) is 11.8 Å². The van der Waals surface area contributed by atoms with Gasteiger partial charge in [0.05, 0.1) is 5.92 Å². The van der Waals surface area contributed by atoms with Crippen molar-refractivity contribution in [2.75, 3.05) is 13.2 Å². The lowest BCUT2D eigenvalue weighted by Crippen LogP contribution is -2.45. The van der Waals surface area contributed by atoms with Crippen molar-refractivity contribution in [1.82, 2.24) is 10.9 Å². The summed E-state index contributed by atoms with van der Waals surface area (Å²) in [6.45, 7) is 1.49. The van der Waals surface area contributed by atoms with Crippen LogP contribution in [0.3, 0.4) is 0 Å². The summed E-state index contributed by atoms with van der Waals surface area (Å²) in [7, 11) is 0. The molecule has 1 aromatic carbocycles. The first-order valence-corrected chi connectivity index (χ1v) is 10.5. The highest BCUT2D eigenvalue weighted by atomic mass is 35.5. The van der Waals surface area contributed by atoms with E-state index in [9.17, 15) is 14.4 Å². The molecule has 0 bridgehead atoms. The van der Waals surface area contributed by atoms with Gasteiger partial charge in [-0.3, -0.25) is 25.2 Å². The van der Waals surface area contributed by atoms with E-state index in [-0.39, 0.29) is 18.5 Å². The second-order valence-electron chi connectivity index (χ2n) is 7.31. The maximum absolute atomic E-state index is 12.1. The first-order chi connectivity index (χ1) is 14.0. The standard InChI is InChI=1S/C21H29ClN2O5/c1-2-3-4-15-5-7-16(8-6-15)21(27)29-14-20(26)24-23-19(25)13-28-18-11-9-17(22)10-12-18/h9-12,15-16H,2-8,13-14H2,1H3,(H,23,25)(H,24,26). The number of nitrogens with one attached hydrogen (secondary N) is 2.